The average Bonchev–Trinajstić information content (AvgIpc) is 2.67. The summed E-state index contributed by atoms with van der Waals surface area (Å²) in [5, 5.41) is 6.20. The van der Waals surface area contributed by atoms with Gasteiger partial charge in [-0.1, -0.05) is 32.6 Å². The molecule has 1 saturated carbocycles. The van der Waals surface area contributed by atoms with Crippen molar-refractivity contribution in [3.05, 3.63) is 0 Å². The number of aliphatic imine (C=N–C) groups is 1. The molecule has 0 aliphatic heterocycles. The summed E-state index contributed by atoms with van der Waals surface area (Å²) < 4.78 is 0. The van der Waals surface area contributed by atoms with E-state index in [1.54, 1.807) is 0 Å². The number of hydrogen-bond acceptors (Lipinski definition) is 2. The molecule has 1 amide bonds. The first-order valence-corrected chi connectivity index (χ1v) is 7.97. The van der Waals surface area contributed by atoms with Crippen molar-refractivity contribution < 1.29 is 4.79 Å². The zero-order valence-corrected chi connectivity index (χ0v) is 15.7. The van der Waals surface area contributed by atoms with Gasteiger partial charge in [0.25, 0.3) is 0 Å². The molecule has 1 atom stereocenters. The highest BCUT2D eigenvalue weighted by Crippen LogP contribution is 2.16. The van der Waals surface area contributed by atoms with E-state index >= 15 is 0 Å². The number of carbonyl (C=O) groups is 1. The first kappa shape index (κ1) is 20.5. The van der Waals surface area contributed by atoms with E-state index < -0.39 is 0 Å². The zero-order valence-electron chi connectivity index (χ0n) is 13.4. The Bertz CT molecular complexity index is 315. The Morgan fingerprint density at radius 3 is 2.48 bits per heavy atom. The third kappa shape index (κ3) is 9.92. The van der Waals surface area contributed by atoms with Crippen molar-refractivity contribution in [3.8, 4) is 0 Å². The number of carbonyl (C=O) groups excluding carboxylic acids is 1. The summed E-state index contributed by atoms with van der Waals surface area (Å²) >= 11 is 0. The monoisotopic (exact) mass is 410 g/mol. The predicted octanol–water partition coefficient (Wildman–Crippen LogP) is 2.54. The Morgan fingerprint density at radius 1 is 1.29 bits per heavy atom. The molecule has 1 unspecified atom stereocenters. The fourth-order valence-corrected chi connectivity index (χ4v) is 2.41. The number of nitrogens with one attached hydrogen (secondary N) is 2. The van der Waals surface area contributed by atoms with Gasteiger partial charge < -0.3 is 16.4 Å². The van der Waals surface area contributed by atoms with E-state index in [4.69, 9.17) is 5.73 Å². The summed E-state index contributed by atoms with van der Waals surface area (Å²) in [5.74, 6) is 0.526. The number of amides is 1. The van der Waals surface area contributed by atoms with Crippen molar-refractivity contribution in [2.45, 2.75) is 77.3 Å². The van der Waals surface area contributed by atoms with Crippen LogP contribution >= 0.6 is 24.0 Å². The van der Waals surface area contributed by atoms with Gasteiger partial charge in [-0.25, -0.2) is 0 Å². The molecule has 5 nitrogen and oxygen atoms in total. The molecule has 0 aromatic rings. The molecule has 4 N–H and O–H groups in total. The summed E-state index contributed by atoms with van der Waals surface area (Å²) in [4.78, 5) is 15.8. The minimum absolute atomic E-state index is 0. The zero-order chi connectivity index (χ0) is 14.8. The molecule has 0 heterocycles. The normalized spacial score (nSPS) is 18.3. The largest absolute Gasteiger partial charge is 0.370 e. The molecule has 0 spiro atoms. The molecule has 0 radical (unpaired) electrons. The van der Waals surface area contributed by atoms with Crippen LogP contribution in [-0.2, 0) is 4.79 Å². The molecule has 1 rings (SSSR count). The molecule has 21 heavy (non-hydrogen) atoms. The van der Waals surface area contributed by atoms with Gasteiger partial charge in [0.15, 0.2) is 5.96 Å². The first-order valence-electron chi connectivity index (χ1n) is 7.97. The summed E-state index contributed by atoms with van der Waals surface area (Å²) in [6, 6.07) is 0.683. The highest BCUT2D eigenvalue weighted by atomic mass is 127. The van der Waals surface area contributed by atoms with E-state index in [0.717, 1.165) is 6.42 Å². The fraction of sp³-hybridized carbons (Fsp3) is 0.867. The highest BCUT2D eigenvalue weighted by Gasteiger charge is 2.12. The molecule has 1 fully saturated rings. The second-order valence-corrected chi connectivity index (χ2v) is 5.73. The van der Waals surface area contributed by atoms with Gasteiger partial charge in [-0.3, -0.25) is 9.79 Å². The van der Waals surface area contributed by atoms with E-state index in [-0.39, 0.29) is 35.9 Å². The van der Waals surface area contributed by atoms with Crippen LogP contribution in [0.2, 0.25) is 0 Å². The topological polar surface area (TPSA) is 79.5 Å². The van der Waals surface area contributed by atoms with Crippen LogP contribution in [0.5, 0.6) is 0 Å². The van der Waals surface area contributed by atoms with Crippen LogP contribution in [0.15, 0.2) is 4.99 Å². The van der Waals surface area contributed by atoms with Gasteiger partial charge in [0.2, 0.25) is 5.91 Å². The number of halogens is 1. The van der Waals surface area contributed by atoms with Gasteiger partial charge in [-0.15, -0.1) is 24.0 Å². The maximum Gasteiger partial charge on any atom is 0.222 e. The van der Waals surface area contributed by atoms with Gasteiger partial charge in [0, 0.05) is 18.5 Å². The Balaban J connectivity index is 0.00000400. The SMILES string of the molecule is CCC(C)NC(=O)CCN=C(N)NC1CCCCCC1.I. The lowest BCUT2D eigenvalue weighted by Gasteiger charge is -2.16. The minimum atomic E-state index is 0. The summed E-state index contributed by atoms with van der Waals surface area (Å²) in [6.07, 6.45) is 8.87. The third-order valence-corrected chi connectivity index (χ3v) is 3.85. The van der Waals surface area contributed by atoms with Crippen molar-refractivity contribution in [3.63, 3.8) is 0 Å². The molecule has 1 aliphatic rings. The van der Waals surface area contributed by atoms with Crippen LogP contribution in [-0.4, -0.2) is 30.5 Å². The van der Waals surface area contributed by atoms with Crippen LogP contribution in [0.1, 0.15) is 65.2 Å². The predicted molar refractivity (Wildman–Crippen MR) is 99.0 cm³/mol. The van der Waals surface area contributed by atoms with Gasteiger partial charge in [-0.2, -0.15) is 0 Å². The number of hydrogen-bond donors (Lipinski definition) is 3. The second kappa shape index (κ2) is 12.1. The van der Waals surface area contributed by atoms with Crippen LogP contribution in [0.4, 0.5) is 0 Å². The highest BCUT2D eigenvalue weighted by molar-refractivity contribution is 14.0. The standard InChI is InChI=1S/C15H30N4O.HI/c1-3-12(2)18-14(20)10-11-17-15(16)19-13-8-6-4-5-7-9-13;/h12-13H,3-11H2,1-2H3,(H,18,20)(H3,16,17,19);1H. The van der Waals surface area contributed by atoms with Gasteiger partial charge >= 0.3 is 0 Å². The maximum atomic E-state index is 11.6. The Hall–Kier alpha value is -0.530. The molecule has 0 saturated heterocycles. The molecule has 0 bridgehead atoms. The van der Waals surface area contributed by atoms with Gasteiger partial charge in [0.1, 0.15) is 0 Å². The molecule has 6 heteroatoms. The number of nitrogens with two attached hydrogens (primary N) is 1. The molecular weight excluding hydrogens is 379 g/mol. The lowest BCUT2D eigenvalue weighted by atomic mass is 10.1. The maximum absolute atomic E-state index is 11.6. The molecule has 124 valence electrons. The van der Waals surface area contributed by atoms with E-state index in [9.17, 15) is 4.79 Å². The first-order chi connectivity index (χ1) is 9.61. The van der Waals surface area contributed by atoms with Crippen LogP contribution in [0, 0.1) is 0 Å². The van der Waals surface area contributed by atoms with Crippen molar-refractivity contribution in [2.75, 3.05) is 6.54 Å². The molecule has 0 aromatic heterocycles. The summed E-state index contributed by atoms with van der Waals surface area (Å²) in [5.41, 5.74) is 5.88. The second-order valence-electron chi connectivity index (χ2n) is 5.73. The Morgan fingerprint density at radius 2 is 1.90 bits per heavy atom. The lowest BCUT2D eigenvalue weighted by Crippen LogP contribution is -2.40. The summed E-state index contributed by atoms with van der Waals surface area (Å²) in [6.45, 7) is 4.51. The Labute approximate surface area is 145 Å². The minimum Gasteiger partial charge on any atom is -0.370 e. The Kier molecular flexibility index (Phi) is 11.8. The average molecular weight is 410 g/mol. The van der Waals surface area contributed by atoms with Crippen molar-refractivity contribution in [1.82, 2.24) is 10.6 Å². The number of rotatable bonds is 6. The number of nitrogens with zero attached hydrogens (tertiary/aromatic N) is 1. The van der Waals surface area contributed by atoms with Crippen molar-refractivity contribution in [1.29, 1.82) is 0 Å². The van der Waals surface area contributed by atoms with Crippen molar-refractivity contribution >= 4 is 35.8 Å². The van der Waals surface area contributed by atoms with Gasteiger partial charge in [0.05, 0.1) is 6.54 Å². The van der Waals surface area contributed by atoms with Crippen LogP contribution in [0.3, 0.4) is 0 Å². The van der Waals surface area contributed by atoms with E-state index in [1.165, 1.54) is 38.5 Å². The molecular formula is C15H31IN4O. The third-order valence-electron chi connectivity index (χ3n) is 3.85. The van der Waals surface area contributed by atoms with Gasteiger partial charge in [-0.05, 0) is 26.2 Å². The van der Waals surface area contributed by atoms with E-state index in [0.29, 0.717) is 25.0 Å². The summed E-state index contributed by atoms with van der Waals surface area (Å²) in [7, 11) is 0. The van der Waals surface area contributed by atoms with Crippen LogP contribution in [0.25, 0.3) is 0 Å². The quantitative estimate of drug-likeness (QED) is 0.273. The molecule has 0 aromatic carbocycles. The van der Waals surface area contributed by atoms with Crippen LogP contribution < -0.4 is 16.4 Å². The lowest BCUT2D eigenvalue weighted by molar-refractivity contribution is -0.121. The fourth-order valence-electron chi connectivity index (χ4n) is 2.41. The van der Waals surface area contributed by atoms with E-state index in [1.807, 2.05) is 6.92 Å². The van der Waals surface area contributed by atoms with E-state index in [2.05, 4.69) is 22.5 Å². The van der Waals surface area contributed by atoms with Crippen molar-refractivity contribution in [2.24, 2.45) is 10.7 Å². The smallest absolute Gasteiger partial charge is 0.222 e. The number of guanidine groups is 1. The molecule has 1 aliphatic carbocycles.